The van der Waals surface area contributed by atoms with Crippen molar-refractivity contribution in [3.63, 3.8) is 0 Å². The van der Waals surface area contributed by atoms with Crippen LogP contribution in [0.1, 0.15) is 24.0 Å². The lowest BCUT2D eigenvalue weighted by atomic mass is 10.0. The first-order valence-electron chi connectivity index (χ1n) is 9.64. The number of hydrogen-bond donors (Lipinski definition) is 5. The van der Waals surface area contributed by atoms with Crippen molar-refractivity contribution in [1.29, 1.82) is 0 Å². The Bertz CT molecular complexity index is 1020. The second-order valence-corrected chi connectivity index (χ2v) is 7.38. The van der Waals surface area contributed by atoms with Gasteiger partial charge in [-0.05, 0) is 61.1 Å². The lowest BCUT2D eigenvalue weighted by molar-refractivity contribution is 0.104. The number of rotatable bonds is 6. The van der Waals surface area contributed by atoms with Crippen molar-refractivity contribution in [2.75, 3.05) is 13.2 Å². The third-order valence-electron chi connectivity index (χ3n) is 5.24. The van der Waals surface area contributed by atoms with Crippen LogP contribution in [0.2, 0.25) is 0 Å². The summed E-state index contributed by atoms with van der Waals surface area (Å²) in [6.45, 7) is 0.564. The van der Waals surface area contributed by atoms with Crippen molar-refractivity contribution in [3.8, 4) is 11.5 Å². The van der Waals surface area contributed by atoms with Crippen LogP contribution in [-0.2, 0) is 12.8 Å². The fourth-order valence-corrected chi connectivity index (χ4v) is 3.82. The molecule has 4 rings (SSSR count). The summed E-state index contributed by atoms with van der Waals surface area (Å²) < 4.78 is 5.72. The third-order valence-corrected chi connectivity index (χ3v) is 5.24. The van der Waals surface area contributed by atoms with Gasteiger partial charge in [-0.1, -0.05) is 12.1 Å². The molecular weight excluding hydrogens is 394 g/mol. The molecule has 156 valence electrons. The number of halogens is 1. The number of aromatic hydroxyl groups is 1. The maximum Gasteiger partial charge on any atom is 0.323 e. The summed E-state index contributed by atoms with van der Waals surface area (Å²) in [5.41, 5.74) is 3.47. The number of benzene rings is 2. The first kappa shape index (κ1) is 21.2. The van der Waals surface area contributed by atoms with E-state index in [0.29, 0.717) is 29.1 Å². The van der Waals surface area contributed by atoms with E-state index in [1.54, 1.807) is 24.3 Å². The van der Waals surface area contributed by atoms with Crippen LogP contribution < -0.4 is 15.7 Å². The van der Waals surface area contributed by atoms with Gasteiger partial charge in [0.15, 0.2) is 0 Å². The molecule has 0 aliphatic heterocycles. The minimum absolute atomic E-state index is 0. The lowest BCUT2D eigenvalue weighted by Gasteiger charge is -2.20. The molecule has 2 aromatic carbocycles. The topological polar surface area (TPSA) is 110 Å². The van der Waals surface area contributed by atoms with Crippen LogP contribution in [0.25, 0.3) is 11.0 Å². The van der Waals surface area contributed by atoms with E-state index in [0.717, 1.165) is 25.7 Å². The number of aliphatic hydroxyl groups is 1. The van der Waals surface area contributed by atoms with Crippen LogP contribution in [0.4, 0.5) is 0 Å². The number of aryl methyl sites for hydroxylation is 1. The standard InChI is InChI=1S/C21H25N3O4.ClH/c25-16-8-7-14-9-15(4-1-3-13(14)10-16)22-11-17(26)12-28-19-6-2-5-18-20(19)24-21(27)23-18;/h2,5-8,10,15,17,22,25-26H,1,3-4,9,11-12H2,(H2,23,24,27);1H. The molecule has 0 bridgehead atoms. The zero-order chi connectivity index (χ0) is 19.5. The van der Waals surface area contributed by atoms with Gasteiger partial charge in [-0.3, -0.25) is 0 Å². The van der Waals surface area contributed by atoms with Gasteiger partial charge in [0.2, 0.25) is 0 Å². The maximum absolute atomic E-state index is 11.5. The molecule has 0 spiro atoms. The average Bonchev–Trinajstić information content (AvgIpc) is 2.94. The van der Waals surface area contributed by atoms with Gasteiger partial charge >= 0.3 is 5.69 Å². The van der Waals surface area contributed by atoms with Crippen molar-refractivity contribution in [3.05, 3.63) is 58.0 Å². The number of nitrogens with one attached hydrogen (secondary N) is 3. The van der Waals surface area contributed by atoms with Gasteiger partial charge in [0.1, 0.15) is 29.7 Å². The molecule has 7 nitrogen and oxygen atoms in total. The van der Waals surface area contributed by atoms with Gasteiger partial charge in [-0.25, -0.2) is 4.79 Å². The van der Waals surface area contributed by atoms with E-state index in [9.17, 15) is 15.0 Å². The van der Waals surface area contributed by atoms with Gasteiger partial charge in [-0.2, -0.15) is 0 Å². The molecule has 0 saturated carbocycles. The van der Waals surface area contributed by atoms with E-state index < -0.39 is 6.10 Å². The minimum Gasteiger partial charge on any atom is -0.508 e. The highest BCUT2D eigenvalue weighted by Crippen LogP contribution is 2.24. The second kappa shape index (κ2) is 9.35. The molecule has 1 aliphatic carbocycles. The van der Waals surface area contributed by atoms with Crippen LogP contribution in [0.3, 0.4) is 0 Å². The quantitative estimate of drug-likeness (QED) is 0.394. The number of imidazole rings is 1. The molecule has 0 fully saturated rings. The zero-order valence-corrected chi connectivity index (χ0v) is 16.8. The number of aromatic nitrogens is 2. The molecular formula is C21H26ClN3O4. The zero-order valence-electron chi connectivity index (χ0n) is 16.0. The molecule has 0 saturated heterocycles. The number of H-pyrrole nitrogens is 2. The van der Waals surface area contributed by atoms with Crippen molar-refractivity contribution in [2.24, 2.45) is 0 Å². The average molecular weight is 420 g/mol. The van der Waals surface area contributed by atoms with Crippen LogP contribution >= 0.6 is 12.4 Å². The Morgan fingerprint density at radius 3 is 2.93 bits per heavy atom. The molecule has 1 aliphatic rings. The van der Waals surface area contributed by atoms with Crippen LogP contribution in [0.15, 0.2) is 41.2 Å². The Kier molecular flexibility index (Phi) is 6.84. The fraction of sp³-hybridized carbons (Fsp3) is 0.381. The molecule has 1 aromatic heterocycles. The number of para-hydroxylation sites is 1. The Labute approximate surface area is 174 Å². The predicted octanol–water partition coefficient (Wildman–Crippen LogP) is 2.26. The summed E-state index contributed by atoms with van der Waals surface area (Å²) >= 11 is 0. The van der Waals surface area contributed by atoms with Gasteiger partial charge in [0, 0.05) is 12.6 Å². The Morgan fingerprint density at radius 1 is 1.21 bits per heavy atom. The van der Waals surface area contributed by atoms with Crippen molar-refractivity contribution < 1.29 is 14.9 Å². The SMILES string of the molecule is Cl.O=c1[nH]c2cccc(OCC(O)CNC3CCCc4cc(O)ccc4C3)c2[nH]1. The van der Waals surface area contributed by atoms with E-state index in [1.807, 2.05) is 12.1 Å². The highest BCUT2D eigenvalue weighted by Gasteiger charge is 2.18. The summed E-state index contributed by atoms with van der Waals surface area (Å²) in [4.78, 5) is 16.8. The molecule has 2 atom stereocenters. The number of fused-ring (bicyclic) bond motifs is 2. The minimum atomic E-state index is -0.663. The largest absolute Gasteiger partial charge is 0.508 e. The number of hydrogen-bond acceptors (Lipinski definition) is 5. The second-order valence-electron chi connectivity index (χ2n) is 7.38. The van der Waals surface area contributed by atoms with Crippen molar-refractivity contribution >= 4 is 23.4 Å². The highest BCUT2D eigenvalue weighted by atomic mass is 35.5. The summed E-state index contributed by atoms with van der Waals surface area (Å²) in [7, 11) is 0. The van der Waals surface area contributed by atoms with Gasteiger partial charge in [0.25, 0.3) is 0 Å². The van der Waals surface area contributed by atoms with Gasteiger partial charge < -0.3 is 30.2 Å². The molecule has 3 aromatic rings. The maximum atomic E-state index is 11.5. The number of phenolic OH excluding ortho intramolecular Hbond substituents is 1. The molecule has 0 amide bonds. The van der Waals surface area contributed by atoms with E-state index in [2.05, 4.69) is 15.3 Å². The van der Waals surface area contributed by atoms with Gasteiger partial charge in [-0.15, -0.1) is 12.4 Å². The van der Waals surface area contributed by atoms with Crippen LogP contribution in [0.5, 0.6) is 11.5 Å². The smallest absolute Gasteiger partial charge is 0.323 e. The number of ether oxygens (including phenoxy) is 1. The van der Waals surface area contributed by atoms with Crippen LogP contribution in [0, 0.1) is 0 Å². The summed E-state index contributed by atoms with van der Waals surface area (Å²) in [5, 5.41) is 23.4. The van der Waals surface area contributed by atoms with E-state index >= 15 is 0 Å². The molecule has 8 heteroatoms. The first-order valence-corrected chi connectivity index (χ1v) is 9.64. The van der Waals surface area contributed by atoms with E-state index in [4.69, 9.17) is 4.74 Å². The van der Waals surface area contributed by atoms with E-state index in [1.165, 1.54) is 11.1 Å². The fourth-order valence-electron chi connectivity index (χ4n) is 3.82. The van der Waals surface area contributed by atoms with Gasteiger partial charge in [0.05, 0.1) is 5.52 Å². The van der Waals surface area contributed by atoms with Crippen molar-refractivity contribution in [2.45, 2.75) is 37.8 Å². The number of phenols is 1. The third kappa shape index (κ3) is 5.12. The highest BCUT2D eigenvalue weighted by molar-refractivity contribution is 5.85. The Morgan fingerprint density at radius 2 is 2.07 bits per heavy atom. The Hall–Kier alpha value is -2.48. The molecule has 1 heterocycles. The number of aromatic amines is 2. The summed E-state index contributed by atoms with van der Waals surface area (Å²) in [6.07, 6.45) is 3.25. The predicted molar refractivity (Wildman–Crippen MR) is 114 cm³/mol. The molecule has 5 N–H and O–H groups in total. The Balaban J connectivity index is 0.00000240. The molecule has 29 heavy (non-hydrogen) atoms. The normalized spacial score (nSPS) is 17.2. The van der Waals surface area contributed by atoms with Crippen molar-refractivity contribution in [1.82, 2.24) is 15.3 Å². The monoisotopic (exact) mass is 419 g/mol. The summed E-state index contributed by atoms with van der Waals surface area (Å²) in [6, 6.07) is 11.2. The van der Waals surface area contributed by atoms with E-state index in [-0.39, 0.29) is 30.7 Å². The molecule has 0 radical (unpaired) electrons. The van der Waals surface area contributed by atoms with Crippen LogP contribution in [-0.4, -0.2) is 45.5 Å². The molecule has 2 unspecified atom stereocenters. The lowest BCUT2D eigenvalue weighted by Crippen LogP contribution is -2.39. The first-order chi connectivity index (χ1) is 13.6. The summed E-state index contributed by atoms with van der Waals surface area (Å²) in [5.74, 6) is 0.856. The number of aliphatic hydroxyl groups excluding tert-OH is 1.